The van der Waals surface area contributed by atoms with E-state index in [0.29, 0.717) is 17.0 Å². The molecule has 1 aliphatic rings. The molecular weight excluding hydrogens is 268 g/mol. The topological polar surface area (TPSA) is 79.5 Å². The molecule has 2 aromatic rings. The lowest BCUT2D eigenvalue weighted by molar-refractivity contribution is 0.0698. The summed E-state index contributed by atoms with van der Waals surface area (Å²) in [6.45, 7) is 2.13. The SMILES string of the molecule is CC1CCCC(CO)(NC(=O)c2cnn3ccncc23)C1. The Kier molecular flexibility index (Phi) is 3.63. The van der Waals surface area contributed by atoms with Crippen LogP contribution in [0.5, 0.6) is 0 Å². The second-order valence-corrected chi connectivity index (χ2v) is 6.06. The summed E-state index contributed by atoms with van der Waals surface area (Å²) in [6, 6.07) is 0. The third-order valence-corrected chi connectivity index (χ3v) is 4.34. The summed E-state index contributed by atoms with van der Waals surface area (Å²) in [6.07, 6.45) is 10.3. The van der Waals surface area contributed by atoms with Crippen molar-refractivity contribution in [3.8, 4) is 0 Å². The van der Waals surface area contributed by atoms with Crippen LogP contribution in [0.2, 0.25) is 0 Å². The quantitative estimate of drug-likeness (QED) is 0.894. The number of carbonyl (C=O) groups excluding carboxylic acids is 1. The first-order chi connectivity index (χ1) is 10.1. The Bertz CT molecular complexity index is 654. The molecule has 0 aromatic carbocycles. The highest BCUT2D eigenvalue weighted by atomic mass is 16.3. The summed E-state index contributed by atoms with van der Waals surface area (Å²) in [5.74, 6) is 0.318. The average molecular weight is 288 g/mol. The predicted octanol–water partition coefficient (Wildman–Crippen LogP) is 1.40. The van der Waals surface area contributed by atoms with Gasteiger partial charge in [-0.05, 0) is 18.8 Å². The normalized spacial score (nSPS) is 25.9. The number of aromatic nitrogens is 3. The van der Waals surface area contributed by atoms with E-state index in [0.717, 1.165) is 25.7 Å². The van der Waals surface area contributed by atoms with Gasteiger partial charge in [0.2, 0.25) is 0 Å². The Morgan fingerprint density at radius 2 is 2.43 bits per heavy atom. The number of nitrogens with zero attached hydrogens (tertiary/aromatic N) is 3. The second kappa shape index (κ2) is 5.44. The van der Waals surface area contributed by atoms with E-state index in [2.05, 4.69) is 22.3 Å². The molecule has 2 aromatic heterocycles. The summed E-state index contributed by atoms with van der Waals surface area (Å²) in [4.78, 5) is 16.6. The van der Waals surface area contributed by atoms with Gasteiger partial charge in [-0.15, -0.1) is 0 Å². The van der Waals surface area contributed by atoms with Crippen LogP contribution in [0.3, 0.4) is 0 Å². The lowest BCUT2D eigenvalue weighted by atomic mass is 9.76. The van der Waals surface area contributed by atoms with Crippen molar-refractivity contribution in [2.24, 2.45) is 5.92 Å². The Hall–Kier alpha value is -1.95. The number of aliphatic hydroxyl groups excluding tert-OH is 1. The van der Waals surface area contributed by atoms with Gasteiger partial charge in [0.25, 0.3) is 5.91 Å². The summed E-state index contributed by atoms with van der Waals surface area (Å²) >= 11 is 0. The summed E-state index contributed by atoms with van der Waals surface area (Å²) in [5, 5.41) is 17.0. The third-order valence-electron chi connectivity index (χ3n) is 4.34. The van der Waals surface area contributed by atoms with E-state index >= 15 is 0 Å². The van der Waals surface area contributed by atoms with Gasteiger partial charge in [-0.2, -0.15) is 5.10 Å². The van der Waals surface area contributed by atoms with Crippen LogP contribution in [0, 0.1) is 5.92 Å². The zero-order valence-corrected chi connectivity index (χ0v) is 12.1. The third kappa shape index (κ3) is 2.63. The maximum atomic E-state index is 12.6. The van der Waals surface area contributed by atoms with Crippen molar-refractivity contribution in [1.29, 1.82) is 0 Å². The van der Waals surface area contributed by atoms with Crippen molar-refractivity contribution >= 4 is 11.4 Å². The maximum absolute atomic E-state index is 12.6. The van der Waals surface area contributed by atoms with Crippen LogP contribution in [0.4, 0.5) is 0 Å². The van der Waals surface area contributed by atoms with E-state index in [1.165, 1.54) is 0 Å². The van der Waals surface area contributed by atoms with Gasteiger partial charge in [0.15, 0.2) is 0 Å². The summed E-state index contributed by atoms with van der Waals surface area (Å²) in [7, 11) is 0. The summed E-state index contributed by atoms with van der Waals surface area (Å²) < 4.78 is 1.62. The first kappa shape index (κ1) is 14.0. The molecule has 6 nitrogen and oxygen atoms in total. The molecule has 0 saturated heterocycles. The molecule has 21 heavy (non-hydrogen) atoms. The number of carbonyl (C=O) groups is 1. The largest absolute Gasteiger partial charge is 0.394 e. The molecule has 2 atom stereocenters. The van der Waals surface area contributed by atoms with E-state index in [1.807, 2.05) is 0 Å². The Labute approximate surface area is 123 Å². The molecule has 6 heteroatoms. The van der Waals surface area contributed by atoms with E-state index in [1.54, 1.807) is 29.3 Å². The predicted molar refractivity (Wildman–Crippen MR) is 77.9 cm³/mol. The number of amides is 1. The minimum Gasteiger partial charge on any atom is -0.394 e. The van der Waals surface area contributed by atoms with Gasteiger partial charge in [0.1, 0.15) is 0 Å². The van der Waals surface area contributed by atoms with Gasteiger partial charge in [-0.25, -0.2) is 4.52 Å². The van der Waals surface area contributed by atoms with Gasteiger partial charge < -0.3 is 10.4 Å². The van der Waals surface area contributed by atoms with E-state index in [-0.39, 0.29) is 12.5 Å². The van der Waals surface area contributed by atoms with Gasteiger partial charge in [0.05, 0.1) is 35.6 Å². The molecular formula is C15H20N4O2. The van der Waals surface area contributed by atoms with Crippen molar-refractivity contribution in [3.05, 3.63) is 30.4 Å². The fourth-order valence-electron chi connectivity index (χ4n) is 3.27. The summed E-state index contributed by atoms with van der Waals surface area (Å²) in [5.41, 5.74) is 0.659. The molecule has 0 spiro atoms. The van der Waals surface area contributed by atoms with E-state index in [4.69, 9.17) is 0 Å². The number of rotatable bonds is 3. The smallest absolute Gasteiger partial charge is 0.255 e. The number of hydrogen-bond acceptors (Lipinski definition) is 4. The van der Waals surface area contributed by atoms with Crippen LogP contribution in [-0.2, 0) is 0 Å². The van der Waals surface area contributed by atoms with Gasteiger partial charge >= 0.3 is 0 Å². The van der Waals surface area contributed by atoms with Crippen molar-refractivity contribution in [3.63, 3.8) is 0 Å². The first-order valence-electron chi connectivity index (χ1n) is 7.34. The van der Waals surface area contributed by atoms with Crippen LogP contribution in [-0.4, -0.2) is 37.8 Å². The van der Waals surface area contributed by atoms with Gasteiger partial charge in [-0.1, -0.05) is 19.8 Å². The lowest BCUT2D eigenvalue weighted by Gasteiger charge is -2.39. The molecule has 1 saturated carbocycles. The van der Waals surface area contributed by atoms with Crippen molar-refractivity contribution in [1.82, 2.24) is 19.9 Å². The van der Waals surface area contributed by atoms with Crippen molar-refractivity contribution in [2.75, 3.05) is 6.61 Å². The Balaban J connectivity index is 1.85. The highest BCUT2D eigenvalue weighted by Crippen LogP contribution is 2.32. The maximum Gasteiger partial charge on any atom is 0.255 e. The highest BCUT2D eigenvalue weighted by molar-refractivity contribution is 6.00. The molecule has 2 heterocycles. The molecule has 0 radical (unpaired) electrons. The number of aliphatic hydroxyl groups is 1. The van der Waals surface area contributed by atoms with E-state index < -0.39 is 5.54 Å². The zero-order chi connectivity index (χ0) is 14.9. The number of fused-ring (bicyclic) bond motifs is 1. The van der Waals surface area contributed by atoms with Crippen LogP contribution in [0.1, 0.15) is 43.0 Å². The lowest BCUT2D eigenvalue weighted by Crippen LogP contribution is -2.53. The molecule has 0 aliphatic heterocycles. The van der Waals surface area contributed by atoms with Crippen molar-refractivity contribution in [2.45, 2.75) is 38.1 Å². The highest BCUT2D eigenvalue weighted by Gasteiger charge is 2.36. The van der Waals surface area contributed by atoms with Gasteiger partial charge in [-0.3, -0.25) is 9.78 Å². The average Bonchev–Trinajstić information content (AvgIpc) is 2.91. The van der Waals surface area contributed by atoms with Crippen LogP contribution >= 0.6 is 0 Å². The minimum atomic E-state index is -0.509. The monoisotopic (exact) mass is 288 g/mol. The standard InChI is InChI=1S/C15H20N4O2/c1-11-3-2-4-15(7-11,10-20)18-14(21)12-8-17-19-6-5-16-9-13(12)19/h5-6,8-9,11,20H,2-4,7,10H2,1H3,(H,18,21). The molecule has 2 N–H and O–H groups in total. The molecule has 1 fully saturated rings. The van der Waals surface area contributed by atoms with Gasteiger partial charge in [0, 0.05) is 12.4 Å². The van der Waals surface area contributed by atoms with Crippen LogP contribution in [0.25, 0.3) is 5.52 Å². The zero-order valence-electron chi connectivity index (χ0n) is 12.1. The Morgan fingerprint density at radius 3 is 3.19 bits per heavy atom. The number of nitrogens with one attached hydrogen (secondary N) is 1. The first-order valence-corrected chi connectivity index (χ1v) is 7.34. The Morgan fingerprint density at radius 1 is 1.57 bits per heavy atom. The fourth-order valence-corrected chi connectivity index (χ4v) is 3.27. The fraction of sp³-hybridized carbons (Fsp3) is 0.533. The molecule has 112 valence electrons. The molecule has 2 unspecified atom stereocenters. The van der Waals surface area contributed by atoms with Crippen molar-refractivity contribution < 1.29 is 9.90 Å². The molecule has 0 bridgehead atoms. The molecule has 1 aliphatic carbocycles. The van der Waals surface area contributed by atoms with Crippen LogP contribution < -0.4 is 5.32 Å². The van der Waals surface area contributed by atoms with E-state index in [9.17, 15) is 9.90 Å². The molecule has 1 amide bonds. The molecule has 3 rings (SSSR count). The number of hydrogen-bond donors (Lipinski definition) is 2. The second-order valence-electron chi connectivity index (χ2n) is 6.06. The van der Waals surface area contributed by atoms with Crippen LogP contribution in [0.15, 0.2) is 24.8 Å². The minimum absolute atomic E-state index is 0.0272.